The molecule has 0 saturated carbocycles. The number of benzene rings is 2. The molecule has 5 nitrogen and oxygen atoms in total. The van der Waals surface area contributed by atoms with E-state index in [1.54, 1.807) is 17.2 Å². The smallest absolute Gasteiger partial charge is 0.227 e. The number of fused-ring (bicyclic) bond motifs is 1. The molecule has 0 spiro atoms. The average Bonchev–Trinajstić information content (AvgIpc) is 2.94. The van der Waals surface area contributed by atoms with Crippen molar-refractivity contribution in [3.8, 4) is 0 Å². The minimum atomic E-state index is -0.331. The van der Waals surface area contributed by atoms with Crippen molar-refractivity contribution in [1.29, 1.82) is 0 Å². The number of carbonyl (C=O) groups excluding carboxylic acids is 2. The maximum atomic E-state index is 13.6. The van der Waals surface area contributed by atoms with Crippen molar-refractivity contribution in [3.05, 3.63) is 71.7 Å². The van der Waals surface area contributed by atoms with E-state index in [-0.39, 0.29) is 36.5 Å². The van der Waals surface area contributed by atoms with Crippen molar-refractivity contribution in [2.24, 2.45) is 0 Å². The van der Waals surface area contributed by atoms with Crippen LogP contribution in [0.1, 0.15) is 23.6 Å². The summed E-state index contributed by atoms with van der Waals surface area (Å²) in [7, 11) is 0. The first-order chi connectivity index (χ1) is 13.1. The first kappa shape index (κ1) is 17.3. The number of nitrogens with one attached hydrogen (secondary N) is 2. The summed E-state index contributed by atoms with van der Waals surface area (Å²) in [6, 6.07) is 13.8. The van der Waals surface area contributed by atoms with Gasteiger partial charge in [0.25, 0.3) is 0 Å². The van der Waals surface area contributed by atoms with Crippen LogP contribution in [0.25, 0.3) is 10.9 Å². The normalized spacial score (nSPS) is 17.6. The van der Waals surface area contributed by atoms with Gasteiger partial charge in [-0.15, -0.1) is 0 Å². The molecule has 1 aliphatic heterocycles. The lowest BCUT2D eigenvalue weighted by Crippen LogP contribution is -2.37. The van der Waals surface area contributed by atoms with E-state index in [1.165, 1.54) is 12.1 Å². The number of amides is 2. The van der Waals surface area contributed by atoms with Gasteiger partial charge in [0.1, 0.15) is 5.82 Å². The number of hydrogen-bond acceptors (Lipinski definition) is 2. The Kier molecular flexibility index (Phi) is 4.62. The number of aromatic amines is 1. The SMILES string of the molecule is O=C1CC(c2ccccc2)N(C(=O)Cc2c[nH]c3ccc(F)cc23)CCN1. The summed E-state index contributed by atoms with van der Waals surface area (Å²) in [5, 5.41) is 3.55. The summed E-state index contributed by atoms with van der Waals surface area (Å²) in [5.74, 6) is -0.471. The molecule has 2 heterocycles. The van der Waals surface area contributed by atoms with E-state index in [0.717, 1.165) is 16.6 Å². The second-order valence-corrected chi connectivity index (χ2v) is 6.75. The monoisotopic (exact) mass is 365 g/mol. The van der Waals surface area contributed by atoms with Gasteiger partial charge in [-0.25, -0.2) is 4.39 Å². The van der Waals surface area contributed by atoms with Crippen LogP contribution >= 0.6 is 0 Å². The van der Waals surface area contributed by atoms with Gasteiger partial charge in [-0.2, -0.15) is 0 Å². The van der Waals surface area contributed by atoms with Gasteiger partial charge in [-0.05, 0) is 29.3 Å². The Hall–Kier alpha value is -3.15. The third kappa shape index (κ3) is 3.56. The van der Waals surface area contributed by atoms with Crippen LogP contribution in [0.3, 0.4) is 0 Å². The van der Waals surface area contributed by atoms with E-state index in [0.29, 0.717) is 18.5 Å². The van der Waals surface area contributed by atoms with E-state index < -0.39 is 0 Å². The second-order valence-electron chi connectivity index (χ2n) is 6.75. The van der Waals surface area contributed by atoms with Crippen molar-refractivity contribution in [3.63, 3.8) is 0 Å². The molecule has 2 N–H and O–H groups in total. The van der Waals surface area contributed by atoms with Crippen molar-refractivity contribution < 1.29 is 14.0 Å². The topological polar surface area (TPSA) is 65.2 Å². The minimum absolute atomic E-state index is 0.0617. The molecule has 1 atom stereocenters. The molecule has 0 radical (unpaired) electrons. The Balaban J connectivity index is 1.63. The molecule has 3 aromatic rings. The number of hydrogen-bond donors (Lipinski definition) is 2. The fourth-order valence-corrected chi connectivity index (χ4v) is 3.66. The quantitative estimate of drug-likeness (QED) is 0.750. The molecule has 2 amide bonds. The van der Waals surface area contributed by atoms with Gasteiger partial charge >= 0.3 is 0 Å². The van der Waals surface area contributed by atoms with Crippen LogP contribution in [0.2, 0.25) is 0 Å². The summed E-state index contributed by atoms with van der Waals surface area (Å²) < 4.78 is 13.6. The standard InChI is InChI=1S/C21H20FN3O2/c22-16-6-7-18-17(11-16)15(13-24-18)10-21(27)25-9-8-23-20(26)12-19(25)14-4-2-1-3-5-14/h1-7,11,13,19,24H,8-10,12H2,(H,23,26). The zero-order valence-corrected chi connectivity index (χ0v) is 14.7. The zero-order chi connectivity index (χ0) is 18.8. The Morgan fingerprint density at radius 2 is 2.00 bits per heavy atom. The highest BCUT2D eigenvalue weighted by Gasteiger charge is 2.30. The summed E-state index contributed by atoms with van der Waals surface area (Å²) >= 11 is 0. The molecule has 1 aromatic heterocycles. The highest BCUT2D eigenvalue weighted by Crippen LogP contribution is 2.27. The van der Waals surface area contributed by atoms with E-state index >= 15 is 0 Å². The molecular formula is C21H20FN3O2. The van der Waals surface area contributed by atoms with Gasteiger partial charge in [-0.1, -0.05) is 30.3 Å². The van der Waals surface area contributed by atoms with Gasteiger partial charge in [0.15, 0.2) is 0 Å². The molecule has 0 aliphatic carbocycles. The van der Waals surface area contributed by atoms with E-state index in [1.807, 2.05) is 30.3 Å². The molecular weight excluding hydrogens is 345 g/mol. The first-order valence-corrected chi connectivity index (χ1v) is 8.98. The summed E-state index contributed by atoms with van der Waals surface area (Å²) in [6.07, 6.45) is 2.14. The van der Waals surface area contributed by atoms with Crippen LogP contribution in [0, 0.1) is 5.82 Å². The summed E-state index contributed by atoms with van der Waals surface area (Å²) in [6.45, 7) is 0.872. The van der Waals surface area contributed by atoms with Crippen molar-refractivity contribution in [1.82, 2.24) is 15.2 Å². The molecule has 1 aliphatic rings. The van der Waals surface area contributed by atoms with Crippen molar-refractivity contribution >= 4 is 22.7 Å². The zero-order valence-electron chi connectivity index (χ0n) is 14.7. The Bertz CT molecular complexity index is 984. The number of nitrogens with zero attached hydrogens (tertiary/aromatic N) is 1. The molecule has 6 heteroatoms. The molecule has 4 rings (SSSR count). The lowest BCUT2D eigenvalue weighted by atomic mass is 10.0. The minimum Gasteiger partial charge on any atom is -0.361 e. The fourth-order valence-electron chi connectivity index (χ4n) is 3.66. The van der Waals surface area contributed by atoms with Crippen LogP contribution in [-0.4, -0.2) is 34.8 Å². The number of carbonyl (C=O) groups is 2. The van der Waals surface area contributed by atoms with Crippen LogP contribution in [0.4, 0.5) is 4.39 Å². The Labute approximate surface area is 156 Å². The van der Waals surface area contributed by atoms with Crippen molar-refractivity contribution in [2.45, 2.75) is 18.9 Å². The first-order valence-electron chi connectivity index (χ1n) is 8.98. The molecule has 1 saturated heterocycles. The van der Waals surface area contributed by atoms with Crippen LogP contribution in [-0.2, 0) is 16.0 Å². The third-order valence-electron chi connectivity index (χ3n) is 5.01. The molecule has 0 bridgehead atoms. The van der Waals surface area contributed by atoms with E-state index in [9.17, 15) is 14.0 Å². The number of rotatable bonds is 3. The highest BCUT2D eigenvalue weighted by molar-refractivity contribution is 5.89. The predicted molar refractivity (Wildman–Crippen MR) is 100 cm³/mol. The van der Waals surface area contributed by atoms with Crippen LogP contribution in [0.5, 0.6) is 0 Å². The van der Waals surface area contributed by atoms with Gasteiger partial charge in [0, 0.05) is 30.2 Å². The molecule has 27 heavy (non-hydrogen) atoms. The number of halogens is 1. The maximum absolute atomic E-state index is 13.6. The van der Waals surface area contributed by atoms with E-state index in [4.69, 9.17) is 0 Å². The second kappa shape index (κ2) is 7.23. The number of aromatic nitrogens is 1. The molecule has 2 aromatic carbocycles. The fraction of sp³-hybridized carbons (Fsp3) is 0.238. The predicted octanol–water partition coefficient (Wildman–Crippen LogP) is 2.94. The van der Waals surface area contributed by atoms with Gasteiger partial charge in [0.2, 0.25) is 11.8 Å². The number of H-pyrrole nitrogens is 1. The molecule has 1 unspecified atom stereocenters. The molecule has 1 fully saturated rings. The summed E-state index contributed by atoms with van der Waals surface area (Å²) in [5.41, 5.74) is 2.49. The lowest BCUT2D eigenvalue weighted by molar-refractivity contribution is -0.133. The van der Waals surface area contributed by atoms with E-state index in [2.05, 4.69) is 10.3 Å². The Morgan fingerprint density at radius 3 is 2.81 bits per heavy atom. The lowest BCUT2D eigenvalue weighted by Gasteiger charge is -2.29. The highest BCUT2D eigenvalue weighted by atomic mass is 19.1. The van der Waals surface area contributed by atoms with Crippen LogP contribution in [0.15, 0.2) is 54.7 Å². The van der Waals surface area contributed by atoms with Gasteiger partial charge in [0.05, 0.1) is 18.9 Å². The summed E-state index contributed by atoms with van der Waals surface area (Å²) in [4.78, 5) is 30.0. The van der Waals surface area contributed by atoms with Gasteiger partial charge < -0.3 is 15.2 Å². The Morgan fingerprint density at radius 1 is 1.19 bits per heavy atom. The maximum Gasteiger partial charge on any atom is 0.227 e. The molecule has 138 valence electrons. The third-order valence-corrected chi connectivity index (χ3v) is 5.01. The van der Waals surface area contributed by atoms with Crippen LogP contribution < -0.4 is 5.32 Å². The van der Waals surface area contributed by atoms with Gasteiger partial charge in [-0.3, -0.25) is 9.59 Å². The average molecular weight is 365 g/mol. The van der Waals surface area contributed by atoms with Crippen molar-refractivity contribution in [2.75, 3.05) is 13.1 Å². The largest absolute Gasteiger partial charge is 0.361 e.